The Labute approximate surface area is 142 Å². The first kappa shape index (κ1) is 16.2. The van der Waals surface area contributed by atoms with Crippen LogP contribution in [0.4, 0.5) is 5.69 Å². The van der Waals surface area contributed by atoms with E-state index in [1.54, 1.807) is 25.4 Å². The summed E-state index contributed by atoms with van der Waals surface area (Å²) in [5.41, 5.74) is 7.15. The molecule has 0 atom stereocenters. The van der Waals surface area contributed by atoms with Crippen molar-refractivity contribution in [2.45, 2.75) is 6.04 Å². The van der Waals surface area contributed by atoms with E-state index < -0.39 is 0 Å². The third-order valence-electron chi connectivity index (χ3n) is 3.96. The van der Waals surface area contributed by atoms with Crippen molar-refractivity contribution in [3.63, 3.8) is 0 Å². The second kappa shape index (κ2) is 6.86. The van der Waals surface area contributed by atoms with Gasteiger partial charge in [0.15, 0.2) is 0 Å². The molecule has 23 heavy (non-hydrogen) atoms. The fourth-order valence-corrected chi connectivity index (χ4v) is 3.16. The molecule has 0 aliphatic carbocycles. The van der Waals surface area contributed by atoms with Gasteiger partial charge in [-0.05, 0) is 22.0 Å². The number of aryl methyl sites for hydroxylation is 1. The maximum atomic E-state index is 12.1. The lowest BCUT2D eigenvalue weighted by Gasteiger charge is -2.40. The van der Waals surface area contributed by atoms with E-state index in [0.29, 0.717) is 17.6 Å². The SMILES string of the molecule is Cn1cc(Br)cc(N=C(N)/C=C2/CN(C3COC3)CCN2)c1=O. The standard InChI is InChI=1S/C15H20BrN5O2/c1-20-6-10(16)4-13(15(20)22)19-14(17)5-11-7-21(3-2-18-11)12-8-23-9-12/h4-6,12,18H,2-3,7-9H2,1H3,(H2,17,19)/b11-5-. The summed E-state index contributed by atoms with van der Waals surface area (Å²) in [4.78, 5) is 18.7. The number of piperazine rings is 1. The van der Waals surface area contributed by atoms with Crippen molar-refractivity contribution in [1.82, 2.24) is 14.8 Å². The van der Waals surface area contributed by atoms with Crippen molar-refractivity contribution >= 4 is 27.5 Å². The molecule has 1 aromatic heterocycles. The van der Waals surface area contributed by atoms with Gasteiger partial charge in [0.2, 0.25) is 0 Å². The van der Waals surface area contributed by atoms with Crippen LogP contribution in [0.2, 0.25) is 0 Å². The summed E-state index contributed by atoms with van der Waals surface area (Å²) in [5.74, 6) is 0.314. The van der Waals surface area contributed by atoms with Crippen LogP contribution < -0.4 is 16.6 Å². The topological polar surface area (TPSA) is 84.9 Å². The molecule has 3 heterocycles. The summed E-state index contributed by atoms with van der Waals surface area (Å²) in [6.45, 7) is 4.25. The van der Waals surface area contributed by atoms with Crippen LogP contribution in [0, 0.1) is 0 Å². The minimum Gasteiger partial charge on any atom is -0.386 e. The number of hydrogen-bond acceptors (Lipinski definition) is 5. The molecule has 0 spiro atoms. The molecule has 2 fully saturated rings. The molecule has 0 radical (unpaired) electrons. The van der Waals surface area contributed by atoms with Gasteiger partial charge in [-0.1, -0.05) is 0 Å². The first-order valence-electron chi connectivity index (χ1n) is 7.49. The molecule has 0 unspecified atom stereocenters. The van der Waals surface area contributed by atoms with E-state index in [1.807, 2.05) is 0 Å². The highest BCUT2D eigenvalue weighted by Gasteiger charge is 2.28. The summed E-state index contributed by atoms with van der Waals surface area (Å²) in [5, 5.41) is 3.33. The van der Waals surface area contributed by atoms with Crippen LogP contribution >= 0.6 is 15.9 Å². The highest BCUT2D eigenvalue weighted by Crippen LogP contribution is 2.15. The Bertz CT molecular complexity index is 708. The predicted octanol–water partition coefficient (Wildman–Crippen LogP) is 0.324. The number of ether oxygens (including phenoxy) is 1. The maximum Gasteiger partial charge on any atom is 0.276 e. The van der Waals surface area contributed by atoms with E-state index in [0.717, 1.165) is 43.0 Å². The summed E-state index contributed by atoms with van der Waals surface area (Å²) in [7, 11) is 1.68. The molecule has 7 nitrogen and oxygen atoms in total. The molecule has 2 aliphatic rings. The van der Waals surface area contributed by atoms with E-state index in [2.05, 4.69) is 31.1 Å². The molecule has 2 aliphatic heterocycles. The van der Waals surface area contributed by atoms with Crippen LogP contribution in [0.1, 0.15) is 0 Å². The molecule has 3 rings (SSSR count). The number of nitrogens with two attached hydrogens (primary N) is 1. The number of nitrogens with one attached hydrogen (secondary N) is 1. The molecular formula is C15H20BrN5O2. The number of aliphatic imine (C=N–C) groups is 1. The first-order valence-corrected chi connectivity index (χ1v) is 8.29. The number of hydrogen-bond donors (Lipinski definition) is 2. The van der Waals surface area contributed by atoms with Gasteiger partial charge >= 0.3 is 0 Å². The third kappa shape index (κ3) is 3.82. The zero-order valence-electron chi connectivity index (χ0n) is 13.0. The minimum atomic E-state index is -0.181. The van der Waals surface area contributed by atoms with Gasteiger partial charge in [-0.25, -0.2) is 4.99 Å². The first-order chi connectivity index (χ1) is 11.0. The fraction of sp³-hybridized carbons (Fsp3) is 0.467. The van der Waals surface area contributed by atoms with Gasteiger partial charge in [-0.3, -0.25) is 9.69 Å². The van der Waals surface area contributed by atoms with Gasteiger partial charge in [0.05, 0.1) is 19.3 Å². The largest absolute Gasteiger partial charge is 0.386 e. The van der Waals surface area contributed by atoms with E-state index in [9.17, 15) is 4.79 Å². The van der Waals surface area contributed by atoms with Gasteiger partial charge in [0.1, 0.15) is 11.5 Å². The number of rotatable bonds is 3. The van der Waals surface area contributed by atoms with Gasteiger partial charge in [0.25, 0.3) is 5.56 Å². The number of amidine groups is 1. The Hall–Kier alpha value is -1.64. The number of aromatic nitrogens is 1. The van der Waals surface area contributed by atoms with Gasteiger partial charge in [-0.15, -0.1) is 0 Å². The van der Waals surface area contributed by atoms with Crippen LogP contribution in [-0.2, 0) is 11.8 Å². The fourth-order valence-electron chi connectivity index (χ4n) is 2.64. The highest BCUT2D eigenvalue weighted by atomic mass is 79.9. The lowest BCUT2D eigenvalue weighted by atomic mass is 10.1. The van der Waals surface area contributed by atoms with Crippen molar-refractivity contribution < 1.29 is 4.74 Å². The zero-order valence-corrected chi connectivity index (χ0v) is 14.5. The number of pyridine rings is 1. The zero-order chi connectivity index (χ0) is 16.4. The third-order valence-corrected chi connectivity index (χ3v) is 4.40. The molecule has 2 saturated heterocycles. The Morgan fingerprint density at radius 1 is 1.57 bits per heavy atom. The molecule has 8 heteroatoms. The molecule has 0 saturated carbocycles. The second-order valence-corrected chi connectivity index (χ2v) is 6.67. The lowest BCUT2D eigenvalue weighted by molar-refractivity contribution is -0.0644. The molecule has 3 N–H and O–H groups in total. The molecule has 0 bridgehead atoms. The van der Waals surface area contributed by atoms with E-state index >= 15 is 0 Å². The van der Waals surface area contributed by atoms with Gasteiger partial charge < -0.3 is 20.4 Å². The van der Waals surface area contributed by atoms with Gasteiger partial charge in [0, 0.05) is 49.1 Å². The Morgan fingerprint density at radius 3 is 3.04 bits per heavy atom. The molecule has 0 amide bonds. The second-order valence-electron chi connectivity index (χ2n) is 5.75. The van der Waals surface area contributed by atoms with Crippen LogP contribution in [0.25, 0.3) is 0 Å². The number of nitrogens with zero attached hydrogens (tertiary/aromatic N) is 3. The van der Waals surface area contributed by atoms with Crippen molar-refractivity contribution in [1.29, 1.82) is 0 Å². The van der Waals surface area contributed by atoms with Crippen molar-refractivity contribution in [3.05, 3.63) is 38.9 Å². The molecule has 1 aromatic rings. The van der Waals surface area contributed by atoms with Crippen LogP contribution in [0.3, 0.4) is 0 Å². The summed E-state index contributed by atoms with van der Waals surface area (Å²) >= 11 is 3.36. The van der Waals surface area contributed by atoms with E-state index in [4.69, 9.17) is 10.5 Å². The smallest absolute Gasteiger partial charge is 0.276 e. The predicted molar refractivity (Wildman–Crippen MR) is 92.9 cm³/mol. The Kier molecular flexibility index (Phi) is 4.84. The van der Waals surface area contributed by atoms with Gasteiger partial charge in [-0.2, -0.15) is 0 Å². The average Bonchev–Trinajstić information content (AvgIpc) is 2.42. The monoisotopic (exact) mass is 381 g/mol. The molecule has 124 valence electrons. The summed E-state index contributed by atoms with van der Waals surface area (Å²) in [6, 6.07) is 2.16. The van der Waals surface area contributed by atoms with Crippen molar-refractivity contribution in [2.75, 3.05) is 32.8 Å². The quantitative estimate of drug-likeness (QED) is 0.581. The molecular weight excluding hydrogens is 362 g/mol. The van der Waals surface area contributed by atoms with Crippen molar-refractivity contribution in [2.24, 2.45) is 17.8 Å². The lowest BCUT2D eigenvalue weighted by Crippen LogP contribution is -2.55. The van der Waals surface area contributed by atoms with E-state index in [-0.39, 0.29) is 5.56 Å². The molecule has 0 aromatic carbocycles. The summed E-state index contributed by atoms with van der Waals surface area (Å²) in [6.07, 6.45) is 3.49. The van der Waals surface area contributed by atoms with Crippen molar-refractivity contribution in [3.8, 4) is 0 Å². The Balaban J connectivity index is 1.77. The maximum absolute atomic E-state index is 12.1. The highest BCUT2D eigenvalue weighted by molar-refractivity contribution is 9.10. The summed E-state index contributed by atoms with van der Waals surface area (Å²) < 4.78 is 7.50. The van der Waals surface area contributed by atoms with Crippen LogP contribution in [0.5, 0.6) is 0 Å². The number of halogens is 1. The minimum absolute atomic E-state index is 0.181. The van der Waals surface area contributed by atoms with Crippen LogP contribution in [0.15, 0.2) is 38.3 Å². The Morgan fingerprint density at radius 2 is 2.35 bits per heavy atom. The van der Waals surface area contributed by atoms with Crippen LogP contribution in [-0.4, -0.2) is 54.2 Å². The normalized spacial score (nSPS) is 22.0. The average molecular weight is 382 g/mol. The van der Waals surface area contributed by atoms with E-state index in [1.165, 1.54) is 4.57 Å².